The fourth-order valence-electron chi connectivity index (χ4n) is 5.93. The Bertz CT molecular complexity index is 3210. The Labute approximate surface area is 361 Å². The maximum absolute atomic E-state index is 12.8. The molecule has 0 radical (unpaired) electrons. The van der Waals surface area contributed by atoms with Crippen molar-refractivity contribution in [2.45, 2.75) is 9.79 Å². The smallest absolute Gasteiger partial charge is 0.294 e. The van der Waals surface area contributed by atoms with Gasteiger partial charge in [-0.2, -0.15) is 21.9 Å². The van der Waals surface area contributed by atoms with Gasteiger partial charge in [0.1, 0.15) is 11.4 Å². The lowest BCUT2D eigenvalue weighted by atomic mass is 10.0. The zero-order chi connectivity index (χ0) is 45.1. The van der Waals surface area contributed by atoms with Crippen LogP contribution in [0.1, 0.15) is 20.7 Å². The van der Waals surface area contributed by atoms with Crippen molar-refractivity contribution in [2.24, 2.45) is 10.2 Å². The summed E-state index contributed by atoms with van der Waals surface area (Å²) in [6, 6.07) is 48.2. The number of phenolic OH excluding ortho intramolecular Hbond substituents is 2. The van der Waals surface area contributed by atoms with Crippen LogP contribution in [0.2, 0.25) is 0 Å². The average Bonchev–Trinajstić information content (AvgIpc) is 3.26. The van der Waals surface area contributed by atoms with E-state index in [4.69, 9.17) is 10.3 Å². The molecule has 15 nitrogen and oxygen atoms in total. The molecule has 17 heteroatoms. The van der Waals surface area contributed by atoms with Crippen LogP contribution in [0.15, 0.2) is 196 Å². The molecule has 8 aromatic carbocycles. The van der Waals surface area contributed by atoms with Crippen LogP contribution in [-0.2, 0) is 20.2 Å². The van der Waals surface area contributed by atoms with Crippen LogP contribution in [0, 0.1) is 0 Å². The Morgan fingerprint density at radius 2 is 0.968 bits per heavy atom. The number of nitrogens with zero attached hydrogens (tertiary/aromatic N) is 2. The maximum Gasteiger partial charge on any atom is 0.294 e. The molecule has 0 aliphatic carbocycles. The molecular formula is C46H37N5O10S2. The summed E-state index contributed by atoms with van der Waals surface area (Å²) in [5, 5.41) is 37.5. The first kappa shape index (κ1) is 44.6. The molecule has 0 saturated heterocycles. The second kappa shape index (κ2) is 19.6. The Kier molecular flexibility index (Phi) is 13.9. The van der Waals surface area contributed by atoms with E-state index in [1.165, 1.54) is 42.5 Å². The number of hydrogen-bond donors (Lipinski definition) is 7. The first-order valence-electron chi connectivity index (χ1n) is 18.6. The molecule has 8 rings (SSSR count). The van der Waals surface area contributed by atoms with Crippen LogP contribution >= 0.6 is 0 Å². The minimum absolute atomic E-state index is 0.00758. The van der Waals surface area contributed by atoms with E-state index in [2.05, 4.69) is 20.9 Å². The van der Waals surface area contributed by atoms with E-state index in [9.17, 15) is 41.2 Å². The standard InChI is InChI=1S/C23H17N3O5S.C17H13NO2.C6H7NO3S/c27-22-20(23(28)24-16-8-2-1-3-9-16)13-15-7-4-5-12-19(15)21(22)26-25-17-10-6-11-18(14-17)32(29,30)31;19-16-11-13-7-5-4-6-12(13)10-15(16)17(20)18-14-8-2-1-3-9-14;7-5-2-1-3-6(4-5)11(8,9)10/h1-14,27H,(H,24,28)(H,29,30,31);1-11,19H,(H,18,20);1-4H,7H2,(H,8,9,10). The van der Waals surface area contributed by atoms with Crippen molar-refractivity contribution in [2.75, 3.05) is 16.4 Å². The van der Waals surface area contributed by atoms with E-state index in [0.29, 0.717) is 27.8 Å². The van der Waals surface area contributed by atoms with Crippen molar-refractivity contribution in [3.05, 3.63) is 187 Å². The van der Waals surface area contributed by atoms with Crippen LogP contribution in [0.4, 0.5) is 28.4 Å². The summed E-state index contributed by atoms with van der Waals surface area (Å²) < 4.78 is 61.4. The number of amides is 2. The van der Waals surface area contributed by atoms with Crippen molar-refractivity contribution in [3.8, 4) is 11.5 Å². The fourth-order valence-corrected chi connectivity index (χ4v) is 6.99. The van der Waals surface area contributed by atoms with Crippen LogP contribution in [0.25, 0.3) is 21.5 Å². The van der Waals surface area contributed by atoms with Crippen molar-refractivity contribution in [1.29, 1.82) is 0 Å². The van der Waals surface area contributed by atoms with Crippen molar-refractivity contribution in [3.63, 3.8) is 0 Å². The van der Waals surface area contributed by atoms with Gasteiger partial charge in [-0.1, -0.05) is 97.1 Å². The molecule has 0 saturated carbocycles. The molecule has 0 unspecified atom stereocenters. The van der Waals surface area contributed by atoms with Crippen LogP contribution in [0.5, 0.6) is 11.5 Å². The number of fused-ring (bicyclic) bond motifs is 2. The molecule has 0 atom stereocenters. The molecule has 0 aliphatic heterocycles. The van der Waals surface area contributed by atoms with E-state index in [-0.39, 0.29) is 49.7 Å². The second-order valence-corrected chi connectivity index (χ2v) is 16.3. The first-order valence-corrected chi connectivity index (χ1v) is 21.5. The normalized spacial score (nSPS) is 11.2. The number of nitrogens with two attached hydrogens (primary N) is 1. The summed E-state index contributed by atoms with van der Waals surface area (Å²) in [6.07, 6.45) is 0. The highest BCUT2D eigenvalue weighted by Gasteiger charge is 2.19. The highest BCUT2D eigenvalue weighted by molar-refractivity contribution is 7.86. The molecule has 0 bridgehead atoms. The lowest BCUT2D eigenvalue weighted by Gasteiger charge is -2.11. The van der Waals surface area contributed by atoms with Gasteiger partial charge >= 0.3 is 0 Å². The third-order valence-electron chi connectivity index (χ3n) is 8.95. The van der Waals surface area contributed by atoms with Gasteiger partial charge in [-0.3, -0.25) is 18.7 Å². The molecule has 0 heterocycles. The van der Waals surface area contributed by atoms with Crippen molar-refractivity contribution >= 4 is 82.0 Å². The average molecular weight is 884 g/mol. The van der Waals surface area contributed by atoms with Gasteiger partial charge in [0.15, 0.2) is 5.75 Å². The predicted molar refractivity (Wildman–Crippen MR) is 241 cm³/mol. The molecule has 2 amide bonds. The lowest BCUT2D eigenvalue weighted by molar-refractivity contribution is 0.101. The van der Waals surface area contributed by atoms with E-state index < -0.39 is 26.1 Å². The molecule has 8 aromatic rings. The number of nitrogens with one attached hydrogen (secondary N) is 2. The second-order valence-electron chi connectivity index (χ2n) is 13.4. The zero-order valence-corrected chi connectivity index (χ0v) is 34.4. The van der Waals surface area contributed by atoms with E-state index in [1.807, 2.05) is 48.5 Å². The Hall–Kier alpha value is -7.96. The summed E-state index contributed by atoms with van der Waals surface area (Å²) in [5.41, 5.74) is 7.32. The summed E-state index contributed by atoms with van der Waals surface area (Å²) in [7, 11) is -8.51. The van der Waals surface area contributed by atoms with Gasteiger partial charge in [-0.15, -0.1) is 5.11 Å². The van der Waals surface area contributed by atoms with Crippen LogP contribution in [0.3, 0.4) is 0 Å². The zero-order valence-electron chi connectivity index (χ0n) is 32.8. The maximum atomic E-state index is 12.8. The number of rotatable bonds is 8. The predicted octanol–water partition coefficient (Wildman–Crippen LogP) is 9.77. The highest BCUT2D eigenvalue weighted by atomic mass is 32.2. The van der Waals surface area contributed by atoms with E-state index >= 15 is 0 Å². The van der Waals surface area contributed by atoms with Gasteiger partial charge in [0.25, 0.3) is 32.1 Å². The van der Waals surface area contributed by atoms with Gasteiger partial charge in [0.05, 0.1) is 26.6 Å². The monoisotopic (exact) mass is 883 g/mol. The Morgan fingerprint density at radius 1 is 0.492 bits per heavy atom. The number of hydrogen-bond acceptors (Lipinski definition) is 11. The third kappa shape index (κ3) is 11.9. The summed E-state index contributed by atoms with van der Waals surface area (Å²) >= 11 is 0. The number of phenols is 2. The number of anilines is 3. The summed E-state index contributed by atoms with van der Waals surface area (Å²) in [5.74, 6) is -1.23. The van der Waals surface area contributed by atoms with Crippen molar-refractivity contribution in [1.82, 2.24) is 0 Å². The molecule has 0 spiro atoms. The number of nitrogen functional groups attached to an aromatic ring is 1. The van der Waals surface area contributed by atoms with Gasteiger partial charge in [-0.05, 0) is 95.0 Å². The van der Waals surface area contributed by atoms with Crippen LogP contribution < -0.4 is 16.4 Å². The molecule has 63 heavy (non-hydrogen) atoms. The lowest BCUT2D eigenvalue weighted by Crippen LogP contribution is -2.12. The molecule has 0 fully saturated rings. The van der Waals surface area contributed by atoms with Crippen LogP contribution in [-0.4, -0.2) is 48.0 Å². The largest absolute Gasteiger partial charge is 0.507 e. The number of para-hydroxylation sites is 2. The summed E-state index contributed by atoms with van der Waals surface area (Å²) in [4.78, 5) is 24.5. The Morgan fingerprint density at radius 3 is 1.52 bits per heavy atom. The number of aromatic hydroxyl groups is 2. The van der Waals surface area contributed by atoms with E-state index in [0.717, 1.165) is 16.8 Å². The molecule has 0 aliphatic rings. The van der Waals surface area contributed by atoms with Gasteiger partial charge < -0.3 is 26.6 Å². The Balaban J connectivity index is 0.000000180. The highest BCUT2D eigenvalue weighted by Crippen LogP contribution is 2.40. The quantitative estimate of drug-likeness (QED) is 0.0429. The number of carbonyl (C=O) groups is 2. The minimum Gasteiger partial charge on any atom is -0.507 e. The summed E-state index contributed by atoms with van der Waals surface area (Å²) in [6.45, 7) is 0. The molecule has 318 valence electrons. The third-order valence-corrected chi connectivity index (χ3v) is 10.6. The fraction of sp³-hybridized carbons (Fsp3) is 0. The van der Waals surface area contributed by atoms with Crippen molar-refractivity contribution < 1.29 is 45.7 Å². The number of benzene rings is 8. The van der Waals surface area contributed by atoms with Gasteiger partial charge in [-0.25, -0.2) is 0 Å². The first-order chi connectivity index (χ1) is 30.1. The SMILES string of the molecule is Nc1cccc(S(=O)(=O)O)c1.O=C(Nc1ccccc1)c1cc2ccccc2c(N=Nc2cccc(S(=O)(=O)O)c2)c1O.O=C(Nc1ccccc1)c1cc2ccccc2cc1O. The molecule has 0 aromatic heterocycles. The molecular weight excluding hydrogens is 847 g/mol. The topological polar surface area (TPSA) is 258 Å². The molecule has 8 N–H and O–H groups in total. The minimum atomic E-state index is -4.40. The number of carbonyl (C=O) groups excluding carboxylic acids is 2. The van der Waals surface area contributed by atoms with Gasteiger partial charge in [0.2, 0.25) is 0 Å². The number of azo groups is 1. The van der Waals surface area contributed by atoms with E-state index in [1.54, 1.807) is 78.9 Å². The van der Waals surface area contributed by atoms with Gasteiger partial charge in [0, 0.05) is 22.4 Å².